The van der Waals surface area contributed by atoms with Gasteiger partial charge in [0.25, 0.3) is 5.56 Å². The Morgan fingerprint density at radius 2 is 1.71 bits per heavy atom. The maximum Gasteiger partial charge on any atom is 0.344 e. The number of aromatic nitrogens is 1. The third kappa shape index (κ3) is 4.50. The number of carbonyl (C=O) groups is 1. The minimum absolute atomic E-state index is 0.0221. The number of rotatable bonds is 5. The van der Waals surface area contributed by atoms with Gasteiger partial charge >= 0.3 is 5.97 Å². The number of hydrogen-bond donors (Lipinski definition) is 0. The zero-order valence-corrected chi connectivity index (χ0v) is 16.3. The Kier molecular flexibility index (Phi) is 6.29. The van der Waals surface area contributed by atoms with E-state index in [1.165, 1.54) is 28.4 Å². The van der Waals surface area contributed by atoms with Crippen molar-refractivity contribution in [1.82, 2.24) is 4.57 Å². The SMILES string of the molecule is COC(=O)c1cs/c(=N\N=C(\C)c2ccccc2)n(Cc2ccccc2)c1=O. The van der Waals surface area contributed by atoms with Crippen molar-refractivity contribution < 1.29 is 9.53 Å². The lowest BCUT2D eigenvalue weighted by Gasteiger charge is -2.07. The number of hydrogen-bond acceptors (Lipinski definition) is 6. The maximum atomic E-state index is 12.9. The highest BCUT2D eigenvalue weighted by Gasteiger charge is 2.15. The second kappa shape index (κ2) is 9.05. The van der Waals surface area contributed by atoms with Crippen molar-refractivity contribution in [2.24, 2.45) is 10.2 Å². The molecule has 0 saturated heterocycles. The van der Waals surface area contributed by atoms with Crippen molar-refractivity contribution in [3.8, 4) is 0 Å². The lowest BCUT2D eigenvalue weighted by molar-refractivity contribution is 0.0598. The van der Waals surface area contributed by atoms with E-state index in [1.807, 2.05) is 67.6 Å². The highest BCUT2D eigenvalue weighted by Crippen LogP contribution is 2.03. The first-order valence-electron chi connectivity index (χ1n) is 8.58. The summed E-state index contributed by atoms with van der Waals surface area (Å²) in [7, 11) is 1.25. The Morgan fingerprint density at radius 1 is 1.07 bits per heavy atom. The van der Waals surface area contributed by atoms with Gasteiger partial charge in [0.1, 0.15) is 5.56 Å². The highest BCUT2D eigenvalue weighted by atomic mass is 32.1. The smallest absolute Gasteiger partial charge is 0.344 e. The van der Waals surface area contributed by atoms with Crippen LogP contribution >= 0.6 is 11.3 Å². The van der Waals surface area contributed by atoms with Gasteiger partial charge in [-0.2, -0.15) is 5.10 Å². The molecule has 0 amide bonds. The molecule has 7 heteroatoms. The first kappa shape index (κ1) is 19.4. The summed E-state index contributed by atoms with van der Waals surface area (Å²) in [6.07, 6.45) is 0. The van der Waals surface area contributed by atoms with Gasteiger partial charge in [-0.3, -0.25) is 9.36 Å². The topological polar surface area (TPSA) is 73.0 Å². The number of methoxy groups -OCH3 is 1. The molecular weight excluding hydrogens is 374 g/mol. The summed E-state index contributed by atoms with van der Waals surface area (Å²) in [5.41, 5.74) is 2.11. The molecule has 0 radical (unpaired) electrons. The number of benzene rings is 2. The third-order valence-electron chi connectivity index (χ3n) is 4.05. The van der Waals surface area contributed by atoms with Gasteiger partial charge in [0, 0.05) is 5.38 Å². The Balaban J connectivity index is 2.11. The van der Waals surface area contributed by atoms with E-state index in [0.717, 1.165) is 16.8 Å². The molecule has 0 aliphatic rings. The number of carbonyl (C=O) groups excluding carboxylic acids is 1. The van der Waals surface area contributed by atoms with Crippen LogP contribution < -0.4 is 10.4 Å². The van der Waals surface area contributed by atoms with Gasteiger partial charge in [0.15, 0.2) is 0 Å². The molecule has 0 atom stereocenters. The van der Waals surface area contributed by atoms with Crippen LogP contribution in [0.2, 0.25) is 0 Å². The highest BCUT2D eigenvalue weighted by molar-refractivity contribution is 7.07. The zero-order valence-electron chi connectivity index (χ0n) is 15.5. The van der Waals surface area contributed by atoms with Crippen LogP contribution in [0, 0.1) is 0 Å². The molecule has 0 saturated carbocycles. The molecule has 142 valence electrons. The predicted octanol–water partition coefficient (Wildman–Crippen LogP) is 3.07. The molecule has 0 aliphatic carbocycles. The first-order chi connectivity index (χ1) is 13.6. The van der Waals surface area contributed by atoms with E-state index in [4.69, 9.17) is 4.74 Å². The largest absolute Gasteiger partial charge is 0.465 e. The van der Waals surface area contributed by atoms with Gasteiger partial charge in [0.2, 0.25) is 4.80 Å². The van der Waals surface area contributed by atoms with E-state index >= 15 is 0 Å². The first-order valence-corrected chi connectivity index (χ1v) is 9.46. The van der Waals surface area contributed by atoms with Crippen molar-refractivity contribution in [2.45, 2.75) is 13.5 Å². The Morgan fingerprint density at radius 3 is 2.36 bits per heavy atom. The molecule has 1 aromatic heterocycles. The average Bonchev–Trinajstić information content (AvgIpc) is 2.74. The Labute approximate surface area is 166 Å². The van der Waals surface area contributed by atoms with E-state index in [-0.39, 0.29) is 12.1 Å². The zero-order chi connectivity index (χ0) is 19.9. The monoisotopic (exact) mass is 393 g/mol. The van der Waals surface area contributed by atoms with E-state index in [9.17, 15) is 9.59 Å². The van der Waals surface area contributed by atoms with E-state index in [2.05, 4.69) is 10.2 Å². The van der Waals surface area contributed by atoms with Crippen LogP contribution in [0.5, 0.6) is 0 Å². The van der Waals surface area contributed by atoms with Crippen molar-refractivity contribution in [3.05, 3.63) is 97.9 Å². The van der Waals surface area contributed by atoms with Gasteiger partial charge in [-0.05, 0) is 18.1 Å². The number of ether oxygens (including phenoxy) is 1. The second-order valence-electron chi connectivity index (χ2n) is 5.95. The van der Waals surface area contributed by atoms with Crippen molar-refractivity contribution in [2.75, 3.05) is 7.11 Å². The fourth-order valence-corrected chi connectivity index (χ4v) is 3.32. The number of nitrogens with zero attached hydrogens (tertiary/aromatic N) is 3. The molecule has 0 unspecified atom stereocenters. The van der Waals surface area contributed by atoms with Crippen LogP contribution in [-0.2, 0) is 11.3 Å². The van der Waals surface area contributed by atoms with Crippen LogP contribution in [0.3, 0.4) is 0 Å². The standard InChI is InChI=1S/C21H19N3O3S/c1-15(17-11-7-4-8-12-17)22-23-21-24(13-16-9-5-3-6-10-16)19(25)18(14-28-21)20(26)27-2/h3-12,14H,13H2,1-2H3/b22-15-,23-21-. The van der Waals surface area contributed by atoms with Crippen LogP contribution in [0.25, 0.3) is 0 Å². The molecule has 0 bridgehead atoms. The summed E-state index contributed by atoms with van der Waals surface area (Å²) in [6, 6.07) is 19.2. The molecule has 6 nitrogen and oxygen atoms in total. The van der Waals surface area contributed by atoms with Crippen molar-refractivity contribution in [3.63, 3.8) is 0 Å². The summed E-state index contributed by atoms with van der Waals surface area (Å²) in [5, 5.41) is 10.0. The summed E-state index contributed by atoms with van der Waals surface area (Å²) in [4.78, 5) is 25.2. The lowest BCUT2D eigenvalue weighted by atomic mass is 10.1. The van der Waals surface area contributed by atoms with Gasteiger partial charge in [-0.1, -0.05) is 60.7 Å². The quantitative estimate of drug-likeness (QED) is 0.380. The van der Waals surface area contributed by atoms with E-state index < -0.39 is 11.5 Å². The molecule has 28 heavy (non-hydrogen) atoms. The molecular formula is C21H19N3O3S. The minimum Gasteiger partial charge on any atom is -0.465 e. The molecule has 0 fully saturated rings. The molecule has 1 heterocycles. The van der Waals surface area contributed by atoms with Crippen LogP contribution in [-0.4, -0.2) is 23.4 Å². The summed E-state index contributed by atoms with van der Waals surface area (Å²) < 4.78 is 6.15. The minimum atomic E-state index is -0.668. The lowest BCUT2D eigenvalue weighted by Crippen LogP contribution is -2.35. The summed E-state index contributed by atoms with van der Waals surface area (Å²) in [6.45, 7) is 2.13. The van der Waals surface area contributed by atoms with Gasteiger partial charge in [0.05, 0.1) is 19.4 Å². The Hall–Kier alpha value is -3.32. The number of esters is 1. The van der Waals surface area contributed by atoms with Crippen molar-refractivity contribution in [1.29, 1.82) is 0 Å². The molecule has 3 rings (SSSR count). The predicted molar refractivity (Wildman–Crippen MR) is 110 cm³/mol. The fourth-order valence-electron chi connectivity index (χ4n) is 2.54. The molecule has 2 aromatic carbocycles. The molecule has 0 spiro atoms. The maximum absolute atomic E-state index is 12.9. The Bertz CT molecular complexity index is 1120. The normalized spacial score (nSPS) is 12.1. The fraction of sp³-hybridized carbons (Fsp3) is 0.143. The van der Waals surface area contributed by atoms with Gasteiger partial charge in [-0.25, -0.2) is 4.79 Å². The molecule has 0 aliphatic heterocycles. The van der Waals surface area contributed by atoms with Gasteiger partial charge in [-0.15, -0.1) is 16.4 Å². The third-order valence-corrected chi connectivity index (χ3v) is 4.92. The second-order valence-corrected chi connectivity index (χ2v) is 6.79. The van der Waals surface area contributed by atoms with Gasteiger partial charge < -0.3 is 4.74 Å². The van der Waals surface area contributed by atoms with E-state index in [1.54, 1.807) is 0 Å². The average molecular weight is 393 g/mol. The van der Waals surface area contributed by atoms with Crippen molar-refractivity contribution >= 4 is 23.0 Å². The molecule has 0 N–H and O–H groups in total. The van der Waals surface area contributed by atoms with Crippen LogP contribution in [0.15, 0.2) is 81.0 Å². The summed E-state index contributed by atoms with van der Waals surface area (Å²) >= 11 is 1.17. The molecule has 3 aromatic rings. The van der Waals surface area contributed by atoms with Crippen LogP contribution in [0.4, 0.5) is 0 Å². The summed E-state index contributed by atoms with van der Waals surface area (Å²) in [5.74, 6) is -0.668. The van der Waals surface area contributed by atoms with Crippen LogP contribution in [0.1, 0.15) is 28.4 Å². The van der Waals surface area contributed by atoms with E-state index in [0.29, 0.717) is 4.80 Å².